The lowest BCUT2D eigenvalue weighted by molar-refractivity contribution is 0.696. The van der Waals surface area contributed by atoms with Crippen LogP contribution < -0.4 is 5.32 Å². The van der Waals surface area contributed by atoms with Crippen molar-refractivity contribution in [3.05, 3.63) is 48.1 Å². The van der Waals surface area contributed by atoms with E-state index in [0.717, 1.165) is 19.5 Å². The molecule has 1 aliphatic heterocycles. The SMILES string of the molecule is C=C\C=C(/C=C(\C=C/C)C1CCNC1)CC. The molecule has 1 N–H and O–H groups in total. The van der Waals surface area contributed by atoms with Crippen LogP contribution in [0.1, 0.15) is 26.7 Å². The molecule has 0 aromatic heterocycles. The molecule has 0 aromatic carbocycles. The summed E-state index contributed by atoms with van der Waals surface area (Å²) in [6.07, 6.45) is 13.0. The Labute approximate surface area is 99.6 Å². The number of rotatable bonds is 5. The quantitative estimate of drug-likeness (QED) is 0.694. The highest BCUT2D eigenvalue weighted by Gasteiger charge is 2.16. The summed E-state index contributed by atoms with van der Waals surface area (Å²) < 4.78 is 0. The minimum atomic E-state index is 0.677. The first kappa shape index (κ1) is 13.0. The summed E-state index contributed by atoms with van der Waals surface area (Å²) in [7, 11) is 0. The van der Waals surface area contributed by atoms with Gasteiger partial charge in [0.2, 0.25) is 0 Å². The van der Waals surface area contributed by atoms with E-state index in [2.05, 4.69) is 50.0 Å². The van der Waals surface area contributed by atoms with E-state index in [4.69, 9.17) is 0 Å². The van der Waals surface area contributed by atoms with Gasteiger partial charge in [0.05, 0.1) is 0 Å². The highest BCUT2D eigenvalue weighted by molar-refractivity contribution is 5.34. The van der Waals surface area contributed by atoms with Crippen LogP contribution in [0.5, 0.6) is 0 Å². The monoisotopic (exact) mass is 217 g/mol. The van der Waals surface area contributed by atoms with Crippen LogP contribution in [-0.2, 0) is 0 Å². The molecule has 0 aromatic rings. The molecular weight excluding hydrogens is 194 g/mol. The summed E-state index contributed by atoms with van der Waals surface area (Å²) in [6, 6.07) is 0. The zero-order valence-electron chi connectivity index (χ0n) is 10.5. The fraction of sp³-hybridized carbons (Fsp3) is 0.467. The van der Waals surface area contributed by atoms with E-state index in [-0.39, 0.29) is 0 Å². The first-order valence-electron chi connectivity index (χ1n) is 6.18. The fourth-order valence-electron chi connectivity index (χ4n) is 2.07. The van der Waals surface area contributed by atoms with Gasteiger partial charge in [0.1, 0.15) is 0 Å². The fourth-order valence-corrected chi connectivity index (χ4v) is 2.07. The van der Waals surface area contributed by atoms with Crippen molar-refractivity contribution in [1.29, 1.82) is 0 Å². The van der Waals surface area contributed by atoms with Crippen LogP contribution in [0.25, 0.3) is 0 Å². The summed E-state index contributed by atoms with van der Waals surface area (Å²) in [5.74, 6) is 0.677. The smallest absolute Gasteiger partial charge is 0.00206 e. The van der Waals surface area contributed by atoms with Gasteiger partial charge in [0.15, 0.2) is 0 Å². The summed E-state index contributed by atoms with van der Waals surface area (Å²) >= 11 is 0. The van der Waals surface area contributed by atoms with Gasteiger partial charge in [-0.25, -0.2) is 0 Å². The van der Waals surface area contributed by atoms with Crippen molar-refractivity contribution >= 4 is 0 Å². The van der Waals surface area contributed by atoms with Gasteiger partial charge in [-0.05, 0) is 43.4 Å². The molecule has 88 valence electrons. The normalized spacial score (nSPS) is 23.0. The lowest BCUT2D eigenvalue weighted by Crippen LogP contribution is -2.10. The molecule has 1 aliphatic rings. The van der Waals surface area contributed by atoms with Gasteiger partial charge in [0, 0.05) is 6.54 Å². The second-order valence-electron chi connectivity index (χ2n) is 4.16. The molecule has 1 nitrogen and oxygen atoms in total. The highest BCUT2D eigenvalue weighted by atomic mass is 14.9. The maximum Gasteiger partial charge on any atom is 0.00206 e. The number of allylic oxidation sites excluding steroid dienone is 6. The average molecular weight is 217 g/mol. The first-order valence-corrected chi connectivity index (χ1v) is 6.18. The second-order valence-corrected chi connectivity index (χ2v) is 4.16. The number of nitrogens with one attached hydrogen (secondary N) is 1. The standard InChI is InChI=1S/C15H23N/c1-4-7-13(6-3)11-14(8-5-2)15-9-10-16-12-15/h4-5,7-8,11,15-16H,1,6,9-10,12H2,2-3H3/b8-5-,13-7-,14-11+. The second kappa shape index (κ2) is 7.24. The Kier molecular flexibility index (Phi) is 5.87. The van der Waals surface area contributed by atoms with Gasteiger partial charge in [-0.15, -0.1) is 0 Å². The van der Waals surface area contributed by atoms with Crippen molar-refractivity contribution in [2.75, 3.05) is 13.1 Å². The molecule has 0 amide bonds. The summed E-state index contributed by atoms with van der Waals surface area (Å²) in [5.41, 5.74) is 2.80. The van der Waals surface area contributed by atoms with Crippen LogP contribution in [-0.4, -0.2) is 13.1 Å². The van der Waals surface area contributed by atoms with Gasteiger partial charge in [-0.3, -0.25) is 0 Å². The molecule has 1 saturated heterocycles. The van der Waals surface area contributed by atoms with Crippen molar-refractivity contribution < 1.29 is 0 Å². The van der Waals surface area contributed by atoms with E-state index in [1.165, 1.54) is 17.6 Å². The Morgan fingerprint density at radius 2 is 2.31 bits per heavy atom. The van der Waals surface area contributed by atoms with Gasteiger partial charge >= 0.3 is 0 Å². The molecule has 0 radical (unpaired) electrons. The van der Waals surface area contributed by atoms with E-state index in [1.807, 2.05) is 6.08 Å². The van der Waals surface area contributed by atoms with Crippen molar-refractivity contribution in [3.63, 3.8) is 0 Å². The Morgan fingerprint density at radius 1 is 1.50 bits per heavy atom. The molecule has 1 unspecified atom stereocenters. The van der Waals surface area contributed by atoms with Crippen LogP contribution in [0.2, 0.25) is 0 Å². The molecule has 0 spiro atoms. The molecular formula is C15H23N. The largest absolute Gasteiger partial charge is 0.316 e. The third-order valence-corrected chi connectivity index (χ3v) is 2.98. The minimum absolute atomic E-state index is 0.677. The van der Waals surface area contributed by atoms with Crippen LogP contribution in [0.3, 0.4) is 0 Å². The van der Waals surface area contributed by atoms with Gasteiger partial charge < -0.3 is 5.32 Å². The molecule has 0 bridgehead atoms. The highest BCUT2D eigenvalue weighted by Crippen LogP contribution is 2.22. The minimum Gasteiger partial charge on any atom is -0.316 e. The third kappa shape index (κ3) is 3.82. The van der Waals surface area contributed by atoms with Gasteiger partial charge in [-0.2, -0.15) is 0 Å². The predicted octanol–water partition coefficient (Wildman–Crippen LogP) is 3.62. The topological polar surface area (TPSA) is 12.0 Å². The molecule has 1 rings (SSSR count). The molecule has 1 heterocycles. The van der Waals surface area contributed by atoms with E-state index in [9.17, 15) is 0 Å². The average Bonchev–Trinajstić information content (AvgIpc) is 2.81. The molecule has 16 heavy (non-hydrogen) atoms. The molecule has 0 saturated carbocycles. The molecule has 1 atom stereocenters. The van der Waals surface area contributed by atoms with E-state index in [0.29, 0.717) is 5.92 Å². The lowest BCUT2D eigenvalue weighted by Gasteiger charge is -2.11. The number of hydrogen-bond donors (Lipinski definition) is 1. The Hall–Kier alpha value is -1.08. The maximum absolute atomic E-state index is 3.76. The van der Waals surface area contributed by atoms with Crippen molar-refractivity contribution in [1.82, 2.24) is 5.32 Å². The lowest BCUT2D eigenvalue weighted by atomic mass is 9.95. The summed E-state index contributed by atoms with van der Waals surface area (Å²) in [4.78, 5) is 0. The Morgan fingerprint density at radius 3 is 2.81 bits per heavy atom. The predicted molar refractivity (Wildman–Crippen MR) is 72.4 cm³/mol. The van der Waals surface area contributed by atoms with Crippen LogP contribution in [0, 0.1) is 5.92 Å². The third-order valence-electron chi connectivity index (χ3n) is 2.98. The molecule has 1 fully saturated rings. The van der Waals surface area contributed by atoms with Crippen molar-refractivity contribution in [2.24, 2.45) is 5.92 Å². The zero-order chi connectivity index (χ0) is 11.8. The summed E-state index contributed by atoms with van der Waals surface area (Å²) in [6.45, 7) is 10.3. The van der Waals surface area contributed by atoms with Gasteiger partial charge in [0.25, 0.3) is 0 Å². The van der Waals surface area contributed by atoms with Crippen molar-refractivity contribution in [2.45, 2.75) is 26.7 Å². The van der Waals surface area contributed by atoms with E-state index in [1.54, 1.807) is 0 Å². The number of hydrogen-bond acceptors (Lipinski definition) is 1. The molecule has 1 heteroatoms. The van der Waals surface area contributed by atoms with Crippen LogP contribution >= 0.6 is 0 Å². The summed E-state index contributed by atoms with van der Waals surface area (Å²) in [5, 5.41) is 3.42. The zero-order valence-corrected chi connectivity index (χ0v) is 10.5. The first-order chi connectivity index (χ1) is 7.81. The Balaban J connectivity index is 2.86. The van der Waals surface area contributed by atoms with Crippen molar-refractivity contribution in [3.8, 4) is 0 Å². The van der Waals surface area contributed by atoms with Crippen LogP contribution in [0.15, 0.2) is 48.1 Å². The van der Waals surface area contributed by atoms with E-state index >= 15 is 0 Å². The van der Waals surface area contributed by atoms with Crippen LogP contribution in [0.4, 0.5) is 0 Å². The molecule has 0 aliphatic carbocycles. The maximum atomic E-state index is 3.76. The van der Waals surface area contributed by atoms with Gasteiger partial charge in [-0.1, -0.05) is 43.9 Å². The van der Waals surface area contributed by atoms with E-state index < -0.39 is 0 Å². The Bertz CT molecular complexity index is 301.